The molecule has 2 aromatic rings. The van der Waals surface area contributed by atoms with Gasteiger partial charge < -0.3 is 14.2 Å². The maximum Gasteiger partial charge on any atom is 0.308 e. The minimum Gasteiger partial charge on any atom is -0.497 e. The van der Waals surface area contributed by atoms with Gasteiger partial charge in [-0.3, -0.25) is 14.6 Å². The molecule has 7 nitrogen and oxygen atoms in total. The maximum atomic E-state index is 13.5. The molecule has 1 heterocycles. The number of nitrogens with zero attached hydrogens (tertiary/aromatic N) is 2. The van der Waals surface area contributed by atoms with Crippen molar-refractivity contribution in [3.05, 3.63) is 64.9 Å². The second kappa shape index (κ2) is 9.52. The zero-order valence-corrected chi connectivity index (χ0v) is 19.6. The minimum atomic E-state index is -0.579. The molecule has 34 heavy (non-hydrogen) atoms. The van der Waals surface area contributed by atoms with Crippen LogP contribution in [0.3, 0.4) is 0 Å². The van der Waals surface area contributed by atoms with Gasteiger partial charge in [-0.25, -0.2) is 0 Å². The van der Waals surface area contributed by atoms with Crippen LogP contribution in [-0.2, 0) is 9.59 Å². The molecule has 0 saturated heterocycles. The molecule has 1 aliphatic heterocycles. The van der Waals surface area contributed by atoms with Gasteiger partial charge in [0.25, 0.3) is 0 Å². The lowest BCUT2D eigenvalue weighted by Gasteiger charge is -2.35. The molecule has 0 radical (unpaired) electrons. The number of ether oxygens (including phenoxy) is 3. The standard InChI is InChI=1S/C27H26N2O5/c1-15-21(14-28)26(18-7-10-24(34-16(2)30)25(13-18)33-4)27-22(29-15)11-19(12-23(27)31)17-5-8-20(32-3)9-6-17/h5-10,13,19,21,26H,11-12H2,1-4H3/t19-,21?,26-/m1/s1. The van der Waals surface area contributed by atoms with Crippen molar-refractivity contribution >= 4 is 17.5 Å². The van der Waals surface area contributed by atoms with Crippen LogP contribution in [0.2, 0.25) is 0 Å². The van der Waals surface area contributed by atoms with Crippen molar-refractivity contribution in [1.82, 2.24) is 0 Å². The number of carbonyl (C=O) groups excluding carboxylic acids is 2. The fraction of sp³-hybridized carbons (Fsp3) is 0.333. The molecule has 0 saturated carbocycles. The Morgan fingerprint density at radius 3 is 2.35 bits per heavy atom. The van der Waals surface area contributed by atoms with Gasteiger partial charge in [0.1, 0.15) is 5.75 Å². The molecule has 0 amide bonds. The molecule has 4 rings (SSSR count). The molecule has 0 fully saturated rings. The van der Waals surface area contributed by atoms with E-state index in [0.717, 1.165) is 22.6 Å². The summed E-state index contributed by atoms with van der Waals surface area (Å²) in [6, 6.07) is 15.2. The predicted octanol–water partition coefficient (Wildman–Crippen LogP) is 4.73. The van der Waals surface area contributed by atoms with Crippen molar-refractivity contribution < 1.29 is 23.8 Å². The van der Waals surface area contributed by atoms with Gasteiger partial charge in [-0.1, -0.05) is 18.2 Å². The molecule has 2 aliphatic rings. The molecule has 0 bridgehead atoms. The number of rotatable bonds is 5. The van der Waals surface area contributed by atoms with Crippen molar-refractivity contribution in [2.45, 2.75) is 38.5 Å². The monoisotopic (exact) mass is 458 g/mol. The number of benzene rings is 2. The van der Waals surface area contributed by atoms with Gasteiger partial charge in [-0.2, -0.15) is 5.26 Å². The summed E-state index contributed by atoms with van der Waals surface area (Å²) >= 11 is 0. The Hall–Kier alpha value is -3.92. The molecule has 0 spiro atoms. The average molecular weight is 459 g/mol. The summed E-state index contributed by atoms with van der Waals surface area (Å²) in [6.45, 7) is 3.15. The number of allylic oxidation sites excluding steroid dienone is 2. The Balaban J connectivity index is 1.75. The van der Waals surface area contributed by atoms with Crippen LogP contribution in [0.5, 0.6) is 17.2 Å². The molecular formula is C27H26N2O5. The first-order chi connectivity index (χ1) is 16.4. The number of nitriles is 1. The number of ketones is 1. The zero-order chi connectivity index (χ0) is 24.4. The molecule has 3 atom stereocenters. The van der Waals surface area contributed by atoms with Crippen LogP contribution in [0, 0.1) is 17.2 Å². The highest BCUT2D eigenvalue weighted by molar-refractivity contribution is 6.03. The minimum absolute atomic E-state index is 0.00778. The summed E-state index contributed by atoms with van der Waals surface area (Å²) < 4.78 is 15.9. The van der Waals surface area contributed by atoms with Crippen molar-refractivity contribution in [3.63, 3.8) is 0 Å². The van der Waals surface area contributed by atoms with E-state index in [4.69, 9.17) is 19.2 Å². The number of methoxy groups -OCH3 is 2. The highest BCUT2D eigenvalue weighted by atomic mass is 16.6. The van der Waals surface area contributed by atoms with Gasteiger partial charge >= 0.3 is 5.97 Å². The number of hydrogen-bond acceptors (Lipinski definition) is 7. The van der Waals surface area contributed by atoms with Gasteiger partial charge in [0.2, 0.25) is 0 Å². The number of carbonyl (C=O) groups is 2. The number of esters is 1. The van der Waals surface area contributed by atoms with Crippen molar-refractivity contribution in [1.29, 1.82) is 5.26 Å². The SMILES string of the molecule is COc1ccc([C@H]2CC(=O)C3=C(C2)N=C(C)C(C#N)[C@H]3c2ccc(OC(C)=O)c(OC)c2)cc1. The molecule has 0 aromatic heterocycles. The quantitative estimate of drug-likeness (QED) is 0.475. The lowest BCUT2D eigenvalue weighted by atomic mass is 9.69. The fourth-order valence-corrected chi connectivity index (χ4v) is 4.81. The van der Waals surface area contributed by atoms with Crippen LogP contribution in [-0.4, -0.2) is 31.7 Å². The molecule has 7 heteroatoms. The van der Waals surface area contributed by atoms with E-state index in [2.05, 4.69) is 6.07 Å². The Bertz CT molecular complexity index is 1240. The van der Waals surface area contributed by atoms with Crippen molar-refractivity contribution in [2.24, 2.45) is 10.9 Å². The van der Waals surface area contributed by atoms with E-state index >= 15 is 0 Å². The third-order valence-corrected chi connectivity index (χ3v) is 6.42. The summed E-state index contributed by atoms with van der Waals surface area (Å²) in [4.78, 5) is 29.6. The van der Waals surface area contributed by atoms with Crippen molar-refractivity contribution in [3.8, 4) is 23.3 Å². The first-order valence-electron chi connectivity index (χ1n) is 11.1. The lowest BCUT2D eigenvalue weighted by molar-refractivity contribution is -0.132. The van der Waals surface area contributed by atoms with Crippen LogP contribution < -0.4 is 14.2 Å². The zero-order valence-electron chi connectivity index (χ0n) is 19.6. The third kappa shape index (κ3) is 4.32. The Morgan fingerprint density at radius 1 is 1.03 bits per heavy atom. The summed E-state index contributed by atoms with van der Waals surface area (Å²) in [6.07, 6.45) is 0.957. The smallest absolute Gasteiger partial charge is 0.308 e. The highest BCUT2D eigenvalue weighted by Crippen LogP contribution is 2.47. The predicted molar refractivity (Wildman–Crippen MR) is 126 cm³/mol. The third-order valence-electron chi connectivity index (χ3n) is 6.42. The van der Waals surface area contributed by atoms with E-state index < -0.39 is 17.8 Å². The lowest BCUT2D eigenvalue weighted by Crippen LogP contribution is -2.32. The van der Waals surface area contributed by atoms with E-state index in [0.29, 0.717) is 29.9 Å². The van der Waals surface area contributed by atoms with Gasteiger partial charge in [-0.15, -0.1) is 0 Å². The van der Waals surface area contributed by atoms with Crippen LogP contribution >= 0.6 is 0 Å². The molecule has 1 aliphatic carbocycles. The van der Waals surface area contributed by atoms with E-state index in [1.807, 2.05) is 31.2 Å². The van der Waals surface area contributed by atoms with E-state index in [-0.39, 0.29) is 17.5 Å². The first kappa shape index (κ1) is 23.2. The topological polar surface area (TPSA) is 98.0 Å². The Morgan fingerprint density at radius 2 is 1.74 bits per heavy atom. The van der Waals surface area contributed by atoms with E-state index in [1.54, 1.807) is 25.3 Å². The second-order valence-electron chi connectivity index (χ2n) is 8.50. The Kier molecular flexibility index (Phi) is 6.51. The Labute approximate surface area is 198 Å². The van der Waals surface area contributed by atoms with Gasteiger partial charge in [0.05, 0.1) is 26.2 Å². The van der Waals surface area contributed by atoms with Crippen molar-refractivity contribution in [2.75, 3.05) is 14.2 Å². The van der Waals surface area contributed by atoms with Gasteiger partial charge in [0.15, 0.2) is 17.3 Å². The first-order valence-corrected chi connectivity index (χ1v) is 11.1. The largest absolute Gasteiger partial charge is 0.497 e. The van der Waals surface area contributed by atoms with E-state index in [1.165, 1.54) is 14.0 Å². The fourth-order valence-electron chi connectivity index (χ4n) is 4.81. The average Bonchev–Trinajstić information content (AvgIpc) is 2.83. The number of aliphatic imine (C=N–C) groups is 1. The van der Waals surface area contributed by atoms with Gasteiger partial charge in [0, 0.05) is 36.2 Å². The van der Waals surface area contributed by atoms with E-state index in [9.17, 15) is 14.9 Å². The number of Topliss-reactive ketones (excluding diaryl/α,β-unsaturated/α-hetero) is 1. The summed E-state index contributed by atoms with van der Waals surface area (Å²) in [5.74, 6) is -0.0885. The van der Waals surface area contributed by atoms with Crippen LogP contribution in [0.1, 0.15) is 49.7 Å². The van der Waals surface area contributed by atoms with Crippen LogP contribution in [0.4, 0.5) is 0 Å². The summed E-state index contributed by atoms with van der Waals surface area (Å²) in [5, 5.41) is 9.97. The summed E-state index contributed by atoms with van der Waals surface area (Å²) in [5.41, 5.74) is 3.80. The molecule has 1 unspecified atom stereocenters. The highest BCUT2D eigenvalue weighted by Gasteiger charge is 2.41. The summed E-state index contributed by atoms with van der Waals surface area (Å²) in [7, 11) is 3.10. The van der Waals surface area contributed by atoms with Crippen LogP contribution in [0.15, 0.2) is 58.7 Å². The molecular weight excluding hydrogens is 432 g/mol. The maximum absolute atomic E-state index is 13.5. The number of hydrogen-bond donors (Lipinski definition) is 0. The molecule has 2 aromatic carbocycles. The molecule has 174 valence electrons. The molecule has 0 N–H and O–H groups in total. The normalized spacial score (nSPS) is 21.8. The van der Waals surface area contributed by atoms with Gasteiger partial charge in [-0.05, 0) is 54.7 Å². The second-order valence-corrected chi connectivity index (χ2v) is 8.50. The van der Waals surface area contributed by atoms with Crippen LogP contribution in [0.25, 0.3) is 0 Å².